The summed E-state index contributed by atoms with van der Waals surface area (Å²) in [6, 6.07) is 0. The predicted octanol–water partition coefficient (Wildman–Crippen LogP) is 1.60. The van der Waals surface area contributed by atoms with Gasteiger partial charge >= 0.3 is 5.97 Å². The molecule has 0 aliphatic heterocycles. The molecule has 0 fully saturated rings. The van der Waals surface area contributed by atoms with Gasteiger partial charge in [0.05, 0.1) is 6.61 Å². The standard InChI is InChI=1S/C9H14O2/c1-4-6-7-8(3)9(10)11-5-2/h8H,4-5H2,1-3H3. The van der Waals surface area contributed by atoms with Crippen LogP contribution in [-0.2, 0) is 9.53 Å². The van der Waals surface area contributed by atoms with E-state index in [4.69, 9.17) is 4.74 Å². The van der Waals surface area contributed by atoms with Gasteiger partial charge < -0.3 is 4.74 Å². The zero-order chi connectivity index (χ0) is 8.69. The highest BCUT2D eigenvalue weighted by Crippen LogP contribution is 1.95. The zero-order valence-electron chi connectivity index (χ0n) is 7.31. The molecule has 0 rings (SSSR count). The fourth-order valence-electron chi connectivity index (χ4n) is 0.581. The van der Waals surface area contributed by atoms with Gasteiger partial charge in [0.2, 0.25) is 0 Å². The van der Waals surface area contributed by atoms with Crippen LogP contribution in [0.15, 0.2) is 0 Å². The molecule has 0 radical (unpaired) electrons. The number of esters is 1. The molecule has 2 heteroatoms. The normalized spacial score (nSPS) is 11.2. The summed E-state index contributed by atoms with van der Waals surface area (Å²) >= 11 is 0. The molecule has 0 aliphatic rings. The fraction of sp³-hybridized carbons (Fsp3) is 0.667. The molecule has 0 heterocycles. The second-order valence-corrected chi connectivity index (χ2v) is 2.15. The average Bonchev–Trinajstić information content (AvgIpc) is 2.00. The Labute approximate surface area is 67.9 Å². The van der Waals surface area contributed by atoms with Crippen LogP contribution in [0.5, 0.6) is 0 Å². The topological polar surface area (TPSA) is 26.3 Å². The van der Waals surface area contributed by atoms with E-state index < -0.39 is 0 Å². The lowest BCUT2D eigenvalue weighted by molar-refractivity contribution is -0.145. The summed E-state index contributed by atoms with van der Waals surface area (Å²) in [5.74, 6) is 5.12. The zero-order valence-corrected chi connectivity index (χ0v) is 7.31. The van der Waals surface area contributed by atoms with E-state index in [9.17, 15) is 4.79 Å². The third-order valence-corrected chi connectivity index (χ3v) is 1.14. The first-order chi connectivity index (χ1) is 5.22. The molecule has 0 saturated carbocycles. The van der Waals surface area contributed by atoms with Crippen LogP contribution in [0, 0.1) is 17.8 Å². The predicted molar refractivity (Wildman–Crippen MR) is 43.9 cm³/mol. The van der Waals surface area contributed by atoms with Crippen LogP contribution in [0.25, 0.3) is 0 Å². The van der Waals surface area contributed by atoms with Gasteiger partial charge in [0.25, 0.3) is 0 Å². The van der Waals surface area contributed by atoms with E-state index >= 15 is 0 Å². The molecule has 0 aromatic heterocycles. The summed E-state index contributed by atoms with van der Waals surface area (Å²) in [5.41, 5.74) is 0. The smallest absolute Gasteiger partial charge is 0.320 e. The minimum Gasteiger partial charge on any atom is -0.465 e. The van der Waals surface area contributed by atoms with Crippen molar-refractivity contribution in [1.29, 1.82) is 0 Å². The molecule has 0 aliphatic carbocycles. The van der Waals surface area contributed by atoms with Gasteiger partial charge in [0.15, 0.2) is 0 Å². The molecule has 0 spiro atoms. The Morgan fingerprint density at radius 1 is 1.55 bits per heavy atom. The molecular weight excluding hydrogens is 140 g/mol. The van der Waals surface area contributed by atoms with E-state index in [1.165, 1.54) is 0 Å². The van der Waals surface area contributed by atoms with Crippen molar-refractivity contribution >= 4 is 5.97 Å². The maximum absolute atomic E-state index is 10.9. The van der Waals surface area contributed by atoms with E-state index in [1.807, 2.05) is 6.92 Å². The van der Waals surface area contributed by atoms with E-state index in [1.54, 1.807) is 13.8 Å². The Morgan fingerprint density at radius 2 is 2.18 bits per heavy atom. The number of carbonyl (C=O) groups is 1. The summed E-state index contributed by atoms with van der Waals surface area (Å²) in [6.45, 7) is 5.92. The van der Waals surface area contributed by atoms with Gasteiger partial charge in [-0.05, 0) is 13.8 Å². The molecule has 11 heavy (non-hydrogen) atoms. The van der Waals surface area contributed by atoms with E-state index in [-0.39, 0.29) is 11.9 Å². The molecule has 0 aromatic rings. The third-order valence-electron chi connectivity index (χ3n) is 1.14. The molecule has 62 valence electrons. The summed E-state index contributed by atoms with van der Waals surface area (Å²) in [5, 5.41) is 0. The van der Waals surface area contributed by atoms with Crippen molar-refractivity contribution in [1.82, 2.24) is 0 Å². The van der Waals surface area contributed by atoms with Gasteiger partial charge in [0, 0.05) is 6.42 Å². The van der Waals surface area contributed by atoms with Crippen molar-refractivity contribution < 1.29 is 9.53 Å². The first-order valence-corrected chi connectivity index (χ1v) is 3.87. The third kappa shape index (κ3) is 4.44. The van der Waals surface area contributed by atoms with Crippen molar-refractivity contribution in [3.63, 3.8) is 0 Å². The highest BCUT2D eigenvalue weighted by atomic mass is 16.5. The van der Waals surface area contributed by atoms with E-state index in [0.29, 0.717) is 6.61 Å². The second-order valence-electron chi connectivity index (χ2n) is 2.15. The molecule has 2 nitrogen and oxygen atoms in total. The lowest BCUT2D eigenvalue weighted by Crippen LogP contribution is -2.12. The van der Waals surface area contributed by atoms with Gasteiger partial charge in [-0.2, -0.15) is 0 Å². The van der Waals surface area contributed by atoms with Gasteiger partial charge in [-0.15, -0.1) is 5.92 Å². The quantitative estimate of drug-likeness (QED) is 0.446. The number of carbonyl (C=O) groups excluding carboxylic acids is 1. The molecule has 0 amide bonds. The minimum atomic E-state index is -0.283. The van der Waals surface area contributed by atoms with Crippen LogP contribution < -0.4 is 0 Å². The maximum atomic E-state index is 10.9. The SMILES string of the molecule is CCC#CC(C)C(=O)OCC. The molecule has 0 bridgehead atoms. The van der Waals surface area contributed by atoms with Gasteiger partial charge in [-0.1, -0.05) is 12.8 Å². The lowest BCUT2D eigenvalue weighted by atomic mass is 10.2. The summed E-state index contributed by atoms with van der Waals surface area (Å²) in [4.78, 5) is 10.9. The Kier molecular flexibility index (Phi) is 5.28. The Balaban J connectivity index is 3.82. The first kappa shape index (κ1) is 10.0. The Hall–Kier alpha value is -0.970. The van der Waals surface area contributed by atoms with Crippen molar-refractivity contribution in [2.75, 3.05) is 6.61 Å². The van der Waals surface area contributed by atoms with Crippen LogP contribution in [0.1, 0.15) is 27.2 Å². The van der Waals surface area contributed by atoms with Gasteiger partial charge in [0.1, 0.15) is 5.92 Å². The second kappa shape index (κ2) is 5.79. The number of ether oxygens (including phenoxy) is 1. The van der Waals surface area contributed by atoms with Gasteiger partial charge in [-0.25, -0.2) is 0 Å². The van der Waals surface area contributed by atoms with Crippen LogP contribution >= 0.6 is 0 Å². The minimum absolute atomic E-state index is 0.228. The summed E-state index contributed by atoms with van der Waals surface area (Å²) in [6.07, 6.45) is 0.781. The van der Waals surface area contributed by atoms with Crippen LogP contribution in [-0.4, -0.2) is 12.6 Å². The van der Waals surface area contributed by atoms with Crippen molar-refractivity contribution in [2.24, 2.45) is 5.92 Å². The number of rotatable bonds is 2. The largest absolute Gasteiger partial charge is 0.465 e. The molecule has 0 N–H and O–H groups in total. The van der Waals surface area contributed by atoms with Crippen molar-refractivity contribution in [3.05, 3.63) is 0 Å². The average molecular weight is 154 g/mol. The molecule has 1 atom stereocenters. The van der Waals surface area contributed by atoms with E-state index in [0.717, 1.165) is 6.42 Å². The lowest BCUT2D eigenvalue weighted by Gasteiger charge is -2.02. The highest BCUT2D eigenvalue weighted by molar-refractivity contribution is 5.75. The van der Waals surface area contributed by atoms with E-state index in [2.05, 4.69) is 11.8 Å². The Bertz CT molecular complexity index is 174. The van der Waals surface area contributed by atoms with Crippen LogP contribution in [0.4, 0.5) is 0 Å². The molecule has 0 saturated heterocycles. The van der Waals surface area contributed by atoms with Crippen LogP contribution in [0.3, 0.4) is 0 Å². The maximum Gasteiger partial charge on any atom is 0.320 e. The molecule has 0 aromatic carbocycles. The van der Waals surface area contributed by atoms with Crippen molar-refractivity contribution in [2.45, 2.75) is 27.2 Å². The number of hydrogen-bond donors (Lipinski definition) is 0. The first-order valence-electron chi connectivity index (χ1n) is 3.87. The number of hydrogen-bond acceptors (Lipinski definition) is 2. The fourth-order valence-corrected chi connectivity index (χ4v) is 0.581. The molecular formula is C9H14O2. The van der Waals surface area contributed by atoms with Gasteiger partial charge in [-0.3, -0.25) is 4.79 Å². The van der Waals surface area contributed by atoms with Crippen molar-refractivity contribution in [3.8, 4) is 11.8 Å². The summed E-state index contributed by atoms with van der Waals surface area (Å²) < 4.78 is 4.76. The highest BCUT2D eigenvalue weighted by Gasteiger charge is 2.09. The summed E-state index contributed by atoms with van der Waals surface area (Å²) in [7, 11) is 0. The molecule has 1 unspecified atom stereocenters. The van der Waals surface area contributed by atoms with Crippen LogP contribution in [0.2, 0.25) is 0 Å². The Morgan fingerprint density at radius 3 is 2.64 bits per heavy atom. The monoisotopic (exact) mass is 154 g/mol.